The second kappa shape index (κ2) is 16.8. The number of aliphatic hydroxyl groups excluding tert-OH is 1. The maximum atomic E-state index is 14.0. The van der Waals surface area contributed by atoms with Crippen LogP contribution < -0.4 is 5.32 Å². The monoisotopic (exact) mass is 650 g/mol. The molecule has 0 spiro atoms. The predicted octanol–water partition coefficient (Wildman–Crippen LogP) is 3.62. The summed E-state index contributed by atoms with van der Waals surface area (Å²) in [4.78, 5) is 42.8. The van der Waals surface area contributed by atoms with Crippen molar-refractivity contribution in [2.75, 3.05) is 60.1 Å². The third kappa shape index (κ3) is 11.0. The Balaban J connectivity index is 1.92. The number of piperidine rings is 2. The van der Waals surface area contributed by atoms with Crippen molar-refractivity contribution in [3.8, 4) is 0 Å². The summed E-state index contributed by atoms with van der Waals surface area (Å²) in [6, 6.07) is -0.278. The molecule has 2 fully saturated rings. The molecule has 3 heterocycles. The van der Waals surface area contributed by atoms with Crippen molar-refractivity contribution in [1.82, 2.24) is 20.0 Å². The number of likely N-dealkylation sites (tertiary alicyclic amines) is 2. The van der Waals surface area contributed by atoms with Crippen LogP contribution in [0.5, 0.6) is 0 Å². The molecular formula is C34H62N6O6. The van der Waals surface area contributed by atoms with E-state index in [2.05, 4.69) is 44.8 Å². The lowest BCUT2D eigenvalue weighted by molar-refractivity contribution is -0.142. The fourth-order valence-electron chi connectivity index (χ4n) is 6.42. The van der Waals surface area contributed by atoms with Crippen LogP contribution in [0.1, 0.15) is 81.1 Å². The molecule has 2 amide bonds. The number of ether oxygens (including phenoxy) is 3. The Hall–Kier alpha value is -2.12. The van der Waals surface area contributed by atoms with Crippen LogP contribution in [0.3, 0.4) is 0 Å². The van der Waals surface area contributed by atoms with Crippen LogP contribution in [-0.2, 0) is 19.0 Å². The van der Waals surface area contributed by atoms with E-state index in [9.17, 15) is 14.7 Å². The molecule has 3 aliphatic rings. The lowest BCUT2D eigenvalue weighted by atomic mass is 9.89. The van der Waals surface area contributed by atoms with Gasteiger partial charge in [-0.1, -0.05) is 34.6 Å². The van der Waals surface area contributed by atoms with Crippen molar-refractivity contribution in [1.29, 1.82) is 0 Å². The third-order valence-electron chi connectivity index (χ3n) is 8.79. The molecule has 2 saturated heterocycles. The van der Waals surface area contributed by atoms with Gasteiger partial charge in [0.25, 0.3) is 0 Å². The van der Waals surface area contributed by atoms with Gasteiger partial charge < -0.3 is 29.1 Å². The zero-order valence-corrected chi connectivity index (χ0v) is 30.1. The SMILES string of the molecule is COCCCNC1N=C(C(C)(C)C)N=CC1C(O)N(CC(C)C)[C@H]1C[C@@H](C(=O)N2CCC(OC)CC2)CN(C(=O)OC(C)(C)C)C1. The number of amides is 2. The van der Waals surface area contributed by atoms with Gasteiger partial charge in [-0.15, -0.1) is 0 Å². The van der Waals surface area contributed by atoms with Crippen molar-refractivity contribution >= 4 is 24.1 Å². The van der Waals surface area contributed by atoms with Crippen LogP contribution in [-0.4, -0.2) is 134 Å². The van der Waals surface area contributed by atoms with Gasteiger partial charge in [-0.05, 0) is 58.9 Å². The molecule has 0 aromatic heterocycles. The molecular weight excluding hydrogens is 588 g/mol. The van der Waals surface area contributed by atoms with Gasteiger partial charge in [0, 0.05) is 71.2 Å². The Morgan fingerprint density at radius 2 is 1.76 bits per heavy atom. The summed E-state index contributed by atoms with van der Waals surface area (Å²) in [5.41, 5.74) is -0.926. The predicted molar refractivity (Wildman–Crippen MR) is 181 cm³/mol. The molecule has 264 valence electrons. The molecule has 0 aliphatic carbocycles. The van der Waals surface area contributed by atoms with E-state index in [1.807, 2.05) is 31.9 Å². The minimum atomic E-state index is -0.951. The summed E-state index contributed by atoms with van der Waals surface area (Å²) in [6.45, 7) is 19.8. The largest absolute Gasteiger partial charge is 0.444 e. The summed E-state index contributed by atoms with van der Waals surface area (Å²) in [5.74, 6) is 0.138. The molecule has 0 radical (unpaired) electrons. The number of methoxy groups -OCH3 is 2. The molecule has 3 unspecified atom stereocenters. The van der Waals surface area contributed by atoms with Crippen molar-refractivity contribution in [3.05, 3.63) is 0 Å². The lowest BCUT2D eigenvalue weighted by Gasteiger charge is -2.47. The first-order chi connectivity index (χ1) is 21.5. The summed E-state index contributed by atoms with van der Waals surface area (Å²) in [7, 11) is 3.40. The van der Waals surface area contributed by atoms with E-state index in [1.54, 1.807) is 19.1 Å². The Morgan fingerprint density at radius 3 is 2.33 bits per heavy atom. The second-order valence-electron chi connectivity index (χ2n) is 15.5. The average Bonchev–Trinajstić information content (AvgIpc) is 2.99. The summed E-state index contributed by atoms with van der Waals surface area (Å²) in [6.07, 6.45) is 3.13. The highest BCUT2D eigenvalue weighted by atomic mass is 16.6. The van der Waals surface area contributed by atoms with E-state index in [0.29, 0.717) is 45.8 Å². The van der Waals surface area contributed by atoms with E-state index < -0.39 is 35.9 Å². The fourth-order valence-corrected chi connectivity index (χ4v) is 6.42. The van der Waals surface area contributed by atoms with E-state index in [4.69, 9.17) is 24.2 Å². The minimum Gasteiger partial charge on any atom is -0.444 e. The standard InChI is InChI=1S/C34H62N6O6/c1-23(2)20-40(30(42)27-19-36-31(33(3,4)5)37-28(27)35-14-11-17-44-9)25-18-24(21-39(22-25)32(43)46-34(6,7)8)29(41)38-15-12-26(45-10)13-16-38/h19,23-28,30,35,42H,11-18,20-22H2,1-10H3/t24-,25+,27?,28?,30?/m1/s1. The van der Waals surface area contributed by atoms with Crippen molar-refractivity contribution in [2.24, 2.45) is 33.2 Å². The van der Waals surface area contributed by atoms with Crippen LogP contribution in [0.15, 0.2) is 9.98 Å². The maximum Gasteiger partial charge on any atom is 0.410 e. The van der Waals surface area contributed by atoms with Gasteiger partial charge in [0.2, 0.25) is 5.91 Å². The molecule has 3 rings (SSSR count). The molecule has 12 heteroatoms. The van der Waals surface area contributed by atoms with Crippen LogP contribution in [0, 0.1) is 23.2 Å². The highest BCUT2D eigenvalue weighted by Crippen LogP contribution is 2.31. The Kier molecular flexibility index (Phi) is 14.0. The number of nitrogens with zero attached hydrogens (tertiary/aromatic N) is 5. The van der Waals surface area contributed by atoms with Gasteiger partial charge >= 0.3 is 6.09 Å². The quantitative estimate of drug-likeness (QED) is 0.242. The first-order valence-electron chi connectivity index (χ1n) is 17.1. The zero-order chi connectivity index (χ0) is 34.2. The maximum absolute atomic E-state index is 14.0. The smallest absolute Gasteiger partial charge is 0.410 e. The van der Waals surface area contributed by atoms with Gasteiger partial charge in [0.1, 0.15) is 23.8 Å². The normalized spacial score (nSPS) is 25.6. The minimum absolute atomic E-state index is 0.0446. The van der Waals surface area contributed by atoms with E-state index in [-0.39, 0.29) is 35.9 Å². The first kappa shape index (κ1) is 38.3. The van der Waals surface area contributed by atoms with Crippen molar-refractivity contribution in [3.63, 3.8) is 0 Å². The number of hydrogen-bond donors (Lipinski definition) is 2. The van der Waals surface area contributed by atoms with Gasteiger partial charge in [-0.3, -0.25) is 20.0 Å². The van der Waals surface area contributed by atoms with Gasteiger partial charge in [-0.2, -0.15) is 0 Å². The number of carbonyl (C=O) groups is 2. The zero-order valence-electron chi connectivity index (χ0n) is 30.1. The molecule has 0 aromatic rings. The summed E-state index contributed by atoms with van der Waals surface area (Å²) in [5, 5.41) is 15.7. The number of amidine groups is 1. The number of hydrogen-bond acceptors (Lipinski definition) is 10. The molecule has 12 nitrogen and oxygen atoms in total. The lowest BCUT2D eigenvalue weighted by Crippen LogP contribution is -2.61. The third-order valence-corrected chi connectivity index (χ3v) is 8.79. The topological polar surface area (TPSA) is 129 Å². The number of rotatable bonds is 12. The molecule has 0 bridgehead atoms. The van der Waals surface area contributed by atoms with E-state index >= 15 is 0 Å². The Morgan fingerprint density at radius 1 is 1.09 bits per heavy atom. The molecule has 5 atom stereocenters. The summed E-state index contributed by atoms with van der Waals surface area (Å²) < 4.78 is 16.6. The molecule has 3 aliphatic heterocycles. The van der Waals surface area contributed by atoms with Gasteiger partial charge in [0.05, 0.1) is 17.9 Å². The number of nitrogens with one attached hydrogen (secondary N) is 1. The number of aliphatic hydroxyl groups is 1. The Bertz CT molecular complexity index is 1050. The van der Waals surface area contributed by atoms with Crippen LogP contribution in [0.2, 0.25) is 0 Å². The number of aliphatic imine (C=N–C) groups is 2. The molecule has 2 N–H and O–H groups in total. The van der Waals surface area contributed by atoms with E-state index in [1.165, 1.54) is 0 Å². The fraction of sp³-hybridized carbons (Fsp3) is 0.882. The number of carbonyl (C=O) groups excluding carboxylic acids is 2. The molecule has 0 saturated carbocycles. The van der Waals surface area contributed by atoms with E-state index in [0.717, 1.165) is 25.1 Å². The van der Waals surface area contributed by atoms with Crippen LogP contribution in [0.4, 0.5) is 4.79 Å². The first-order valence-corrected chi connectivity index (χ1v) is 17.1. The Labute approximate surface area is 277 Å². The second-order valence-corrected chi connectivity index (χ2v) is 15.5. The highest BCUT2D eigenvalue weighted by Gasteiger charge is 2.44. The molecule has 0 aromatic carbocycles. The van der Waals surface area contributed by atoms with Crippen LogP contribution >= 0.6 is 0 Å². The van der Waals surface area contributed by atoms with Gasteiger partial charge in [0.15, 0.2) is 0 Å². The highest BCUT2D eigenvalue weighted by molar-refractivity contribution is 5.95. The van der Waals surface area contributed by atoms with Crippen molar-refractivity contribution < 1.29 is 28.9 Å². The van der Waals surface area contributed by atoms with Gasteiger partial charge in [-0.25, -0.2) is 9.79 Å². The summed E-state index contributed by atoms with van der Waals surface area (Å²) >= 11 is 0. The van der Waals surface area contributed by atoms with Crippen LogP contribution in [0.25, 0.3) is 0 Å². The molecule has 46 heavy (non-hydrogen) atoms. The average molecular weight is 651 g/mol. The van der Waals surface area contributed by atoms with Crippen molar-refractivity contribution in [2.45, 2.75) is 111 Å².